The molecule has 0 spiro atoms. The number of hydrogen-bond acceptors (Lipinski definition) is 3. The predicted molar refractivity (Wildman–Crippen MR) is 45.6 cm³/mol. The van der Waals surface area contributed by atoms with Gasteiger partial charge >= 0.3 is 0 Å². The summed E-state index contributed by atoms with van der Waals surface area (Å²) in [7, 11) is 0. The minimum atomic E-state index is -0.369. The second-order valence-electron chi connectivity index (χ2n) is 4.26. The minimum absolute atomic E-state index is 0.300. The summed E-state index contributed by atoms with van der Waals surface area (Å²) >= 11 is 0. The number of hydrogen-bond donors (Lipinski definition) is 1. The van der Waals surface area contributed by atoms with Crippen molar-refractivity contribution in [1.29, 1.82) is 0 Å². The molecular weight excluding hydrogens is 154 g/mol. The summed E-state index contributed by atoms with van der Waals surface area (Å²) < 4.78 is 11.2. The molecular formula is C9H17NO2. The fourth-order valence-electron chi connectivity index (χ4n) is 1.92. The normalized spacial score (nSPS) is 44.8. The van der Waals surface area contributed by atoms with E-state index in [-0.39, 0.29) is 5.79 Å². The molecule has 0 bridgehead atoms. The minimum Gasteiger partial charge on any atom is -0.348 e. The Morgan fingerprint density at radius 3 is 2.67 bits per heavy atom. The molecule has 2 aliphatic rings. The van der Waals surface area contributed by atoms with Crippen LogP contribution in [0.15, 0.2) is 0 Å². The van der Waals surface area contributed by atoms with Gasteiger partial charge < -0.3 is 15.2 Å². The monoisotopic (exact) mass is 171 g/mol. The Labute approximate surface area is 73.2 Å². The SMILES string of the molecule is CC1(C)OCC([C@@H]2C[C@H]2CN)O1. The Bertz CT molecular complexity index is 181. The van der Waals surface area contributed by atoms with Gasteiger partial charge in [-0.15, -0.1) is 0 Å². The van der Waals surface area contributed by atoms with E-state index in [4.69, 9.17) is 15.2 Å². The van der Waals surface area contributed by atoms with Crippen molar-refractivity contribution in [3.63, 3.8) is 0 Å². The molecule has 1 aliphatic carbocycles. The van der Waals surface area contributed by atoms with E-state index in [2.05, 4.69) is 0 Å². The third kappa shape index (κ3) is 1.49. The van der Waals surface area contributed by atoms with Gasteiger partial charge in [-0.2, -0.15) is 0 Å². The smallest absolute Gasteiger partial charge is 0.163 e. The second-order valence-corrected chi connectivity index (χ2v) is 4.26. The van der Waals surface area contributed by atoms with Gasteiger partial charge in [0.25, 0.3) is 0 Å². The van der Waals surface area contributed by atoms with Crippen LogP contribution >= 0.6 is 0 Å². The average molecular weight is 171 g/mol. The lowest BCUT2D eigenvalue weighted by Crippen LogP contribution is -2.23. The van der Waals surface area contributed by atoms with Gasteiger partial charge in [0.1, 0.15) is 0 Å². The van der Waals surface area contributed by atoms with Crippen LogP contribution in [0.2, 0.25) is 0 Å². The van der Waals surface area contributed by atoms with E-state index in [0.717, 1.165) is 13.2 Å². The molecule has 1 unspecified atom stereocenters. The maximum atomic E-state index is 5.73. The highest BCUT2D eigenvalue weighted by Crippen LogP contribution is 2.44. The standard InChI is InChI=1S/C9H17NO2/c1-9(2)11-5-8(12-9)7-3-6(7)4-10/h6-8H,3-5,10H2,1-2H3/t6-,7+,8?/m0/s1. The van der Waals surface area contributed by atoms with Crippen molar-refractivity contribution in [2.24, 2.45) is 17.6 Å². The first-order chi connectivity index (χ1) is 5.62. The van der Waals surface area contributed by atoms with Crippen molar-refractivity contribution in [1.82, 2.24) is 0 Å². The quantitative estimate of drug-likeness (QED) is 0.666. The molecule has 1 saturated carbocycles. The van der Waals surface area contributed by atoms with Crippen molar-refractivity contribution < 1.29 is 9.47 Å². The zero-order valence-corrected chi connectivity index (χ0v) is 7.75. The lowest BCUT2D eigenvalue weighted by molar-refractivity contribution is -0.140. The molecule has 0 aromatic heterocycles. The highest BCUT2D eigenvalue weighted by Gasteiger charge is 2.47. The summed E-state index contributed by atoms with van der Waals surface area (Å²) in [6.45, 7) is 5.47. The lowest BCUT2D eigenvalue weighted by Gasteiger charge is -2.16. The van der Waals surface area contributed by atoms with Crippen LogP contribution in [-0.4, -0.2) is 25.0 Å². The summed E-state index contributed by atoms with van der Waals surface area (Å²) in [6.07, 6.45) is 1.52. The summed E-state index contributed by atoms with van der Waals surface area (Å²) in [5.74, 6) is 0.983. The summed E-state index contributed by atoms with van der Waals surface area (Å²) in [4.78, 5) is 0. The van der Waals surface area contributed by atoms with E-state index < -0.39 is 0 Å². The summed E-state index contributed by atoms with van der Waals surface area (Å²) in [6, 6.07) is 0. The maximum absolute atomic E-state index is 5.73. The van der Waals surface area contributed by atoms with Gasteiger partial charge in [0.2, 0.25) is 0 Å². The number of ether oxygens (including phenoxy) is 2. The molecule has 2 N–H and O–H groups in total. The first-order valence-corrected chi connectivity index (χ1v) is 4.64. The molecule has 3 nitrogen and oxygen atoms in total. The highest BCUT2D eigenvalue weighted by molar-refractivity contribution is 4.94. The van der Waals surface area contributed by atoms with Crippen LogP contribution in [-0.2, 0) is 9.47 Å². The van der Waals surface area contributed by atoms with Crippen LogP contribution in [0.4, 0.5) is 0 Å². The average Bonchev–Trinajstić information content (AvgIpc) is 2.70. The van der Waals surface area contributed by atoms with Crippen molar-refractivity contribution in [3.05, 3.63) is 0 Å². The fraction of sp³-hybridized carbons (Fsp3) is 1.00. The molecule has 2 rings (SSSR count). The van der Waals surface area contributed by atoms with E-state index in [9.17, 15) is 0 Å². The molecule has 0 amide bonds. The molecule has 3 atom stereocenters. The first-order valence-electron chi connectivity index (χ1n) is 4.64. The first kappa shape index (κ1) is 8.48. The Kier molecular flexibility index (Phi) is 1.90. The highest BCUT2D eigenvalue weighted by atomic mass is 16.7. The molecule has 0 aromatic rings. The predicted octanol–water partition coefficient (Wildman–Crippen LogP) is 0.733. The van der Waals surface area contributed by atoms with E-state index in [1.165, 1.54) is 6.42 Å². The zero-order valence-electron chi connectivity index (χ0n) is 7.75. The van der Waals surface area contributed by atoms with Gasteiger partial charge in [0, 0.05) is 0 Å². The van der Waals surface area contributed by atoms with Crippen molar-refractivity contribution in [3.8, 4) is 0 Å². The number of rotatable bonds is 2. The van der Waals surface area contributed by atoms with E-state index in [1.54, 1.807) is 0 Å². The zero-order chi connectivity index (χ0) is 8.77. The molecule has 1 aliphatic heterocycles. The molecule has 12 heavy (non-hydrogen) atoms. The summed E-state index contributed by atoms with van der Waals surface area (Å²) in [5, 5.41) is 0. The van der Waals surface area contributed by atoms with Gasteiger partial charge in [-0.1, -0.05) is 0 Å². The molecule has 0 radical (unpaired) electrons. The van der Waals surface area contributed by atoms with Gasteiger partial charge in [-0.05, 0) is 38.6 Å². The lowest BCUT2D eigenvalue weighted by atomic mass is 10.2. The van der Waals surface area contributed by atoms with Gasteiger partial charge in [0.05, 0.1) is 12.7 Å². The van der Waals surface area contributed by atoms with Crippen molar-refractivity contribution >= 4 is 0 Å². The fourth-order valence-corrected chi connectivity index (χ4v) is 1.92. The molecule has 1 saturated heterocycles. The topological polar surface area (TPSA) is 44.5 Å². The van der Waals surface area contributed by atoms with Gasteiger partial charge in [-0.3, -0.25) is 0 Å². The van der Waals surface area contributed by atoms with Crippen molar-refractivity contribution in [2.45, 2.75) is 32.2 Å². The molecule has 1 heterocycles. The molecule has 3 heteroatoms. The van der Waals surface area contributed by atoms with Crippen LogP contribution < -0.4 is 5.73 Å². The Hall–Kier alpha value is -0.120. The van der Waals surface area contributed by atoms with Gasteiger partial charge in [0.15, 0.2) is 5.79 Å². The van der Waals surface area contributed by atoms with Crippen LogP contribution in [0, 0.1) is 11.8 Å². The van der Waals surface area contributed by atoms with E-state index >= 15 is 0 Å². The summed E-state index contributed by atoms with van der Waals surface area (Å²) in [5.41, 5.74) is 5.56. The molecule has 0 aromatic carbocycles. The third-order valence-corrected chi connectivity index (χ3v) is 2.79. The molecule has 70 valence electrons. The van der Waals surface area contributed by atoms with Crippen molar-refractivity contribution in [2.75, 3.05) is 13.2 Å². The van der Waals surface area contributed by atoms with Crippen LogP contribution in [0.3, 0.4) is 0 Å². The number of nitrogens with two attached hydrogens (primary N) is 1. The van der Waals surface area contributed by atoms with Gasteiger partial charge in [-0.25, -0.2) is 0 Å². The van der Waals surface area contributed by atoms with E-state index in [0.29, 0.717) is 17.9 Å². The van der Waals surface area contributed by atoms with E-state index in [1.807, 2.05) is 13.8 Å². The Morgan fingerprint density at radius 2 is 2.25 bits per heavy atom. The maximum Gasteiger partial charge on any atom is 0.163 e. The second kappa shape index (κ2) is 2.69. The van der Waals surface area contributed by atoms with Crippen LogP contribution in [0.25, 0.3) is 0 Å². The third-order valence-electron chi connectivity index (χ3n) is 2.79. The molecule has 2 fully saturated rings. The Balaban J connectivity index is 1.85. The van der Waals surface area contributed by atoms with Crippen LogP contribution in [0.5, 0.6) is 0 Å². The van der Waals surface area contributed by atoms with Crippen LogP contribution in [0.1, 0.15) is 20.3 Å². The largest absolute Gasteiger partial charge is 0.348 e. The Morgan fingerprint density at radius 1 is 1.50 bits per heavy atom.